The highest BCUT2D eigenvalue weighted by molar-refractivity contribution is 5.96. The van der Waals surface area contributed by atoms with E-state index < -0.39 is 17.4 Å². The molecule has 0 aliphatic carbocycles. The predicted octanol–water partition coefficient (Wildman–Crippen LogP) is 2.94. The lowest BCUT2D eigenvalue weighted by atomic mass is 10.2. The molecule has 0 atom stereocenters. The average Bonchev–Trinajstić information content (AvgIpc) is 2.72. The Hall–Kier alpha value is -3.80. The molecule has 28 heavy (non-hydrogen) atoms. The van der Waals surface area contributed by atoms with Gasteiger partial charge in [-0.25, -0.2) is 0 Å². The zero-order valence-corrected chi connectivity index (χ0v) is 15.5. The van der Waals surface area contributed by atoms with Crippen molar-refractivity contribution in [1.29, 1.82) is 5.26 Å². The van der Waals surface area contributed by atoms with Gasteiger partial charge in [-0.3, -0.25) is 14.9 Å². The van der Waals surface area contributed by atoms with Crippen LogP contribution in [0, 0.1) is 21.4 Å². The SMILES string of the molecule is COc1ccc(OCC(=O)N(CCC#N)c2ccccc2OC)c([N+](=O)[O-])c1. The molecule has 2 aromatic rings. The second kappa shape index (κ2) is 9.78. The van der Waals surface area contributed by atoms with Crippen molar-refractivity contribution in [2.45, 2.75) is 6.42 Å². The molecular weight excluding hydrogens is 366 g/mol. The van der Waals surface area contributed by atoms with E-state index in [1.807, 2.05) is 6.07 Å². The molecule has 2 rings (SSSR count). The summed E-state index contributed by atoms with van der Waals surface area (Å²) < 4.78 is 15.6. The Labute approximate surface area is 161 Å². The monoisotopic (exact) mass is 385 g/mol. The minimum atomic E-state index is -0.615. The van der Waals surface area contributed by atoms with E-state index in [0.29, 0.717) is 17.2 Å². The summed E-state index contributed by atoms with van der Waals surface area (Å²) in [6.45, 7) is -0.319. The van der Waals surface area contributed by atoms with Gasteiger partial charge in [-0.2, -0.15) is 5.26 Å². The lowest BCUT2D eigenvalue weighted by Gasteiger charge is -2.23. The van der Waals surface area contributed by atoms with E-state index in [-0.39, 0.29) is 24.4 Å². The van der Waals surface area contributed by atoms with E-state index in [2.05, 4.69) is 0 Å². The van der Waals surface area contributed by atoms with Crippen LogP contribution >= 0.6 is 0 Å². The van der Waals surface area contributed by atoms with E-state index in [9.17, 15) is 14.9 Å². The standard InChI is InChI=1S/C19H19N3O6/c1-26-14-8-9-18(16(12-14)22(24)25)28-13-19(23)21(11-5-10-20)15-6-3-4-7-17(15)27-2/h3-4,6-9,12H,5,11,13H2,1-2H3. The van der Waals surface area contributed by atoms with Crippen molar-refractivity contribution in [2.75, 3.05) is 32.3 Å². The molecule has 0 unspecified atom stereocenters. The third-order valence-corrected chi connectivity index (χ3v) is 3.84. The van der Waals surface area contributed by atoms with E-state index >= 15 is 0 Å². The fourth-order valence-electron chi connectivity index (χ4n) is 2.50. The summed E-state index contributed by atoms with van der Waals surface area (Å²) in [6, 6.07) is 12.9. The normalized spacial score (nSPS) is 9.89. The third kappa shape index (κ3) is 4.88. The first kappa shape index (κ1) is 20.5. The lowest BCUT2D eigenvalue weighted by Crippen LogP contribution is -2.36. The van der Waals surface area contributed by atoms with Gasteiger partial charge in [0.2, 0.25) is 0 Å². The van der Waals surface area contributed by atoms with Crippen LogP contribution in [0.2, 0.25) is 0 Å². The van der Waals surface area contributed by atoms with Gasteiger partial charge in [-0.05, 0) is 24.3 Å². The number of para-hydroxylation sites is 2. The molecule has 0 spiro atoms. The molecule has 0 fully saturated rings. The molecule has 0 aliphatic rings. The van der Waals surface area contributed by atoms with Crippen molar-refractivity contribution in [3.8, 4) is 23.3 Å². The summed E-state index contributed by atoms with van der Waals surface area (Å²) in [5.41, 5.74) is 0.172. The molecule has 0 saturated carbocycles. The summed E-state index contributed by atoms with van der Waals surface area (Å²) in [6.07, 6.45) is 0.104. The fraction of sp³-hybridized carbons (Fsp3) is 0.263. The summed E-state index contributed by atoms with van der Waals surface area (Å²) >= 11 is 0. The van der Waals surface area contributed by atoms with E-state index in [1.54, 1.807) is 24.3 Å². The number of nitro groups is 1. The lowest BCUT2D eigenvalue weighted by molar-refractivity contribution is -0.385. The Morgan fingerprint density at radius 1 is 1.18 bits per heavy atom. The molecule has 1 amide bonds. The number of rotatable bonds is 9. The highest BCUT2D eigenvalue weighted by Gasteiger charge is 2.22. The zero-order valence-electron chi connectivity index (χ0n) is 15.5. The number of hydrogen-bond donors (Lipinski definition) is 0. The molecule has 0 N–H and O–H groups in total. The summed E-state index contributed by atoms with van der Waals surface area (Å²) in [7, 11) is 2.87. The van der Waals surface area contributed by atoms with Gasteiger partial charge in [0.25, 0.3) is 5.91 Å². The molecule has 9 heteroatoms. The van der Waals surface area contributed by atoms with Crippen molar-refractivity contribution < 1.29 is 23.9 Å². The molecule has 0 radical (unpaired) electrons. The highest BCUT2D eigenvalue weighted by Crippen LogP contribution is 2.32. The minimum Gasteiger partial charge on any atom is -0.496 e. The average molecular weight is 385 g/mol. The van der Waals surface area contributed by atoms with Crippen LogP contribution in [0.15, 0.2) is 42.5 Å². The zero-order chi connectivity index (χ0) is 20.5. The van der Waals surface area contributed by atoms with Gasteiger partial charge in [0.15, 0.2) is 12.4 Å². The number of hydrogen-bond acceptors (Lipinski definition) is 7. The van der Waals surface area contributed by atoms with Crippen molar-refractivity contribution in [3.63, 3.8) is 0 Å². The van der Waals surface area contributed by atoms with Crippen LogP contribution in [0.5, 0.6) is 17.2 Å². The number of carbonyl (C=O) groups is 1. The molecular formula is C19H19N3O6. The Balaban J connectivity index is 2.23. The Bertz CT molecular complexity index is 893. The van der Waals surface area contributed by atoms with Gasteiger partial charge >= 0.3 is 5.69 Å². The number of nitro benzene ring substituents is 1. The summed E-state index contributed by atoms with van der Waals surface area (Å²) in [4.78, 5) is 24.7. The number of nitriles is 1. The molecule has 0 bridgehead atoms. The van der Waals surface area contributed by atoms with Crippen LogP contribution in [0.25, 0.3) is 0 Å². The number of benzene rings is 2. The first-order chi connectivity index (χ1) is 13.5. The maximum Gasteiger partial charge on any atom is 0.314 e. The van der Waals surface area contributed by atoms with Crippen LogP contribution in [-0.2, 0) is 4.79 Å². The van der Waals surface area contributed by atoms with Crippen molar-refractivity contribution in [2.24, 2.45) is 0 Å². The van der Waals surface area contributed by atoms with Crippen LogP contribution in [0.1, 0.15) is 6.42 Å². The van der Waals surface area contributed by atoms with Crippen molar-refractivity contribution >= 4 is 17.3 Å². The van der Waals surface area contributed by atoms with E-state index in [1.165, 1.54) is 37.3 Å². The van der Waals surface area contributed by atoms with Crippen LogP contribution in [0.3, 0.4) is 0 Å². The smallest absolute Gasteiger partial charge is 0.314 e. The van der Waals surface area contributed by atoms with E-state index in [4.69, 9.17) is 19.5 Å². The first-order valence-electron chi connectivity index (χ1n) is 8.27. The van der Waals surface area contributed by atoms with Gasteiger partial charge < -0.3 is 19.1 Å². The molecule has 0 aromatic heterocycles. The van der Waals surface area contributed by atoms with Crippen molar-refractivity contribution in [3.05, 3.63) is 52.6 Å². The summed E-state index contributed by atoms with van der Waals surface area (Å²) in [5.74, 6) is 0.239. The maximum atomic E-state index is 12.7. The molecule has 0 saturated heterocycles. The number of anilines is 1. The number of methoxy groups -OCH3 is 2. The Kier molecular flexibility index (Phi) is 7.16. The topological polar surface area (TPSA) is 115 Å². The van der Waals surface area contributed by atoms with Crippen molar-refractivity contribution in [1.82, 2.24) is 0 Å². The van der Waals surface area contributed by atoms with Gasteiger partial charge in [0, 0.05) is 6.54 Å². The second-order valence-corrected chi connectivity index (χ2v) is 5.50. The number of ether oxygens (including phenoxy) is 3. The number of amides is 1. The van der Waals surface area contributed by atoms with E-state index in [0.717, 1.165) is 0 Å². The Morgan fingerprint density at radius 2 is 1.93 bits per heavy atom. The second-order valence-electron chi connectivity index (χ2n) is 5.50. The van der Waals surface area contributed by atoms with Crippen LogP contribution in [0.4, 0.5) is 11.4 Å². The van der Waals surface area contributed by atoms with Gasteiger partial charge in [-0.15, -0.1) is 0 Å². The fourth-order valence-corrected chi connectivity index (χ4v) is 2.50. The maximum absolute atomic E-state index is 12.7. The molecule has 0 heterocycles. The minimum absolute atomic E-state index is 0.0561. The highest BCUT2D eigenvalue weighted by atomic mass is 16.6. The molecule has 9 nitrogen and oxygen atoms in total. The number of carbonyl (C=O) groups excluding carboxylic acids is 1. The Morgan fingerprint density at radius 3 is 2.57 bits per heavy atom. The molecule has 146 valence electrons. The molecule has 2 aromatic carbocycles. The van der Waals surface area contributed by atoms with Gasteiger partial charge in [-0.1, -0.05) is 12.1 Å². The van der Waals surface area contributed by atoms with Crippen LogP contribution < -0.4 is 19.1 Å². The predicted molar refractivity (Wildman–Crippen MR) is 101 cm³/mol. The van der Waals surface area contributed by atoms with Gasteiger partial charge in [0.05, 0.1) is 43.4 Å². The number of nitrogens with zero attached hydrogens (tertiary/aromatic N) is 3. The summed E-state index contributed by atoms with van der Waals surface area (Å²) in [5, 5.41) is 20.1. The molecule has 0 aliphatic heterocycles. The van der Waals surface area contributed by atoms with Crippen LogP contribution in [-0.4, -0.2) is 38.2 Å². The first-order valence-corrected chi connectivity index (χ1v) is 8.27. The third-order valence-electron chi connectivity index (χ3n) is 3.84. The largest absolute Gasteiger partial charge is 0.496 e. The van der Waals surface area contributed by atoms with Gasteiger partial charge in [0.1, 0.15) is 11.5 Å². The quantitative estimate of drug-likeness (QED) is 0.481.